The normalized spacial score (nSPS) is 14.7. The van der Waals surface area contributed by atoms with Crippen LogP contribution in [0.5, 0.6) is 11.5 Å². The molecule has 8 heteroatoms. The smallest absolute Gasteiger partial charge is 0.240 e. The number of rotatable bonds is 6. The van der Waals surface area contributed by atoms with Crippen LogP contribution in [0, 0.1) is 0 Å². The van der Waals surface area contributed by atoms with E-state index < -0.39 is 10.0 Å². The van der Waals surface area contributed by atoms with Crippen molar-refractivity contribution in [1.82, 2.24) is 9.71 Å². The van der Waals surface area contributed by atoms with E-state index in [4.69, 9.17) is 9.47 Å². The number of hydrogen-bond donors (Lipinski definition) is 2. The van der Waals surface area contributed by atoms with Crippen molar-refractivity contribution in [3.63, 3.8) is 0 Å². The zero-order chi connectivity index (χ0) is 20.6. The molecule has 154 valence electrons. The molecule has 1 atom stereocenters. The van der Waals surface area contributed by atoms with Crippen molar-refractivity contribution in [2.45, 2.75) is 10.8 Å². The second-order valence-corrected chi connectivity index (χ2v) is 9.76. The Morgan fingerprint density at radius 2 is 1.87 bits per heavy atom. The summed E-state index contributed by atoms with van der Waals surface area (Å²) in [6.45, 7) is 1.12. The van der Waals surface area contributed by atoms with Crippen LogP contribution in [0.2, 0.25) is 0 Å². The Hall–Kier alpha value is -2.81. The zero-order valence-corrected chi connectivity index (χ0v) is 17.6. The fourth-order valence-corrected chi connectivity index (χ4v) is 5.61. The maximum Gasteiger partial charge on any atom is 0.240 e. The molecule has 6 nitrogen and oxygen atoms in total. The number of aromatic nitrogens is 1. The van der Waals surface area contributed by atoms with Crippen molar-refractivity contribution in [2.75, 3.05) is 19.8 Å². The molecule has 3 heterocycles. The molecular formula is C22H20N2O4S2. The third kappa shape index (κ3) is 3.58. The molecule has 2 N–H and O–H groups in total. The van der Waals surface area contributed by atoms with Crippen LogP contribution in [0.25, 0.3) is 10.9 Å². The minimum absolute atomic E-state index is 0.104. The number of thiophene rings is 1. The fourth-order valence-electron chi connectivity index (χ4n) is 3.70. The Bertz CT molecular complexity index is 1280. The van der Waals surface area contributed by atoms with Gasteiger partial charge < -0.3 is 14.5 Å². The molecule has 0 radical (unpaired) electrons. The number of sulfonamides is 1. The van der Waals surface area contributed by atoms with Gasteiger partial charge in [-0.25, -0.2) is 13.1 Å². The standard InChI is InChI=1S/C22H20N2O4S2/c25-30(26,15-7-8-20-21(12-15)28-10-9-27-20)24-14-18(22-6-3-11-29-22)17-13-23-19-5-2-1-4-16(17)19/h1-8,11-13,18,23-24H,9-10,14H2/t18-/m0/s1. The largest absolute Gasteiger partial charge is 0.486 e. The van der Waals surface area contributed by atoms with Gasteiger partial charge in [0.1, 0.15) is 13.2 Å². The number of para-hydroxylation sites is 1. The topological polar surface area (TPSA) is 80.4 Å². The molecule has 1 aliphatic heterocycles. The molecule has 0 fully saturated rings. The maximum absolute atomic E-state index is 13.0. The molecule has 2 aromatic carbocycles. The van der Waals surface area contributed by atoms with Crippen LogP contribution in [0.4, 0.5) is 0 Å². The first-order valence-electron chi connectivity index (χ1n) is 9.60. The zero-order valence-electron chi connectivity index (χ0n) is 16.0. The van der Waals surface area contributed by atoms with Gasteiger partial charge in [-0.1, -0.05) is 24.3 Å². The van der Waals surface area contributed by atoms with Gasteiger partial charge in [0, 0.05) is 40.5 Å². The molecule has 0 amide bonds. The number of fused-ring (bicyclic) bond motifs is 2. The van der Waals surface area contributed by atoms with Crippen molar-refractivity contribution in [2.24, 2.45) is 0 Å². The predicted molar refractivity (Wildman–Crippen MR) is 117 cm³/mol. The summed E-state index contributed by atoms with van der Waals surface area (Å²) in [5, 5.41) is 3.10. The van der Waals surface area contributed by atoms with E-state index in [2.05, 4.69) is 15.8 Å². The number of hydrogen-bond acceptors (Lipinski definition) is 5. The van der Waals surface area contributed by atoms with Gasteiger partial charge in [0.25, 0.3) is 0 Å². The molecule has 1 aliphatic rings. The van der Waals surface area contributed by atoms with Gasteiger partial charge in [-0.05, 0) is 35.2 Å². The van der Waals surface area contributed by atoms with Crippen LogP contribution in [0.3, 0.4) is 0 Å². The number of H-pyrrole nitrogens is 1. The molecule has 0 aliphatic carbocycles. The Morgan fingerprint density at radius 3 is 2.70 bits per heavy atom. The molecule has 5 rings (SSSR count). The molecule has 0 saturated carbocycles. The summed E-state index contributed by atoms with van der Waals surface area (Å²) < 4.78 is 39.8. The first-order chi connectivity index (χ1) is 14.6. The van der Waals surface area contributed by atoms with E-state index in [-0.39, 0.29) is 17.4 Å². The van der Waals surface area contributed by atoms with E-state index >= 15 is 0 Å². The highest BCUT2D eigenvalue weighted by Gasteiger charge is 2.24. The summed E-state index contributed by atoms with van der Waals surface area (Å²) in [6, 6.07) is 16.8. The lowest BCUT2D eigenvalue weighted by molar-refractivity contribution is 0.171. The number of aromatic amines is 1. The average Bonchev–Trinajstić information content (AvgIpc) is 3.45. The lowest BCUT2D eigenvalue weighted by Crippen LogP contribution is -2.29. The minimum atomic E-state index is -3.72. The van der Waals surface area contributed by atoms with Crippen molar-refractivity contribution in [3.8, 4) is 11.5 Å². The van der Waals surface area contributed by atoms with Crippen molar-refractivity contribution >= 4 is 32.3 Å². The van der Waals surface area contributed by atoms with Crippen LogP contribution in [-0.2, 0) is 10.0 Å². The second kappa shape index (κ2) is 7.79. The highest BCUT2D eigenvalue weighted by Crippen LogP contribution is 2.34. The van der Waals surface area contributed by atoms with E-state index in [0.717, 1.165) is 21.3 Å². The van der Waals surface area contributed by atoms with Crippen LogP contribution in [-0.4, -0.2) is 33.2 Å². The van der Waals surface area contributed by atoms with Gasteiger partial charge in [-0.3, -0.25) is 0 Å². The molecule has 2 aromatic heterocycles. The van der Waals surface area contributed by atoms with Gasteiger partial charge in [0.2, 0.25) is 10.0 Å². The molecule has 30 heavy (non-hydrogen) atoms. The van der Waals surface area contributed by atoms with Crippen LogP contribution < -0.4 is 14.2 Å². The first-order valence-corrected chi connectivity index (χ1v) is 12.0. The Labute approximate surface area is 178 Å². The highest BCUT2D eigenvalue weighted by atomic mass is 32.2. The lowest BCUT2D eigenvalue weighted by Gasteiger charge is -2.20. The number of benzene rings is 2. The summed E-state index contributed by atoms with van der Waals surface area (Å²) in [4.78, 5) is 4.55. The predicted octanol–water partition coefficient (Wildman–Crippen LogP) is 4.11. The van der Waals surface area contributed by atoms with Gasteiger partial charge in [-0.15, -0.1) is 11.3 Å². The molecule has 0 unspecified atom stereocenters. The third-order valence-corrected chi connectivity index (χ3v) is 7.59. The average molecular weight is 441 g/mol. The molecule has 0 saturated heterocycles. The molecular weight excluding hydrogens is 420 g/mol. The fraction of sp³-hybridized carbons (Fsp3) is 0.182. The van der Waals surface area contributed by atoms with E-state index in [9.17, 15) is 8.42 Å². The lowest BCUT2D eigenvalue weighted by atomic mass is 9.97. The number of nitrogens with one attached hydrogen (secondary N) is 2. The van der Waals surface area contributed by atoms with E-state index in [1.165, 1.54) is 6.07 Å². The highest BCUT2D eigenvalue weighted by molar-refractivity contribution is 7.89. The van der Waals surface area contributed by atoms with E-state index in [1.807, 2.05) is 41.9 Å². The maximum atomic E-state index is 13.0. The van der Waals surface area contributed by atoms with Crippen LogP contribution in [0.15, 0.2) is 71.1 Å². The first kappa shape index (κ1) is 19.2. The Morgan fingerprint density at radius 1 is 1.03 bits per heavy atom. The van der Waals surface area contributed by atoms with Gasteiger partial charge in [-0.2, -0.15) is 0 Å². The Kier molecular flexibility index (Phi) is 4.98. The Balaban J connectivity index is 1.44. The van der Waals surface area contributed by atoms with Crippen molar-refractivity contribution < 1.29 is 17.9 Å². The molecule has 0 bridgehead atoms. The molecule has 4 aromatic rings. The van der Waals surface area contributed by atoms with Gasteiger partial charge in [0.15, 0.2) is 11.5 Å². The number of ether oxygens (including phenoxy) is 2. The summed E-state index contributed by atoms with van der Waals surface area (Å²) in [5.74, 6) is 0.916. The summed E-state index contributed by atoms with van der Waals surface area (Å²) >= 11 is 1.62. The summed E-state index contributed by atoms with van der Waals surface area (Å²) in [5.41, 5.74) is 2.10. The van der Waals surface area contributed by atoms with Crippen LogP contribution >= 0.6 is 11.3 Å². The molecule has 0 spiro atoms. The second-order valence-electron chi connectivity index (χ2n) is 7.01. The van der Waals surface area contributed by atoms with E-state index in [1.54, 1.807) is 23.5 Å². The SMILES string of the molecule is O=S(=O)(NC[C@H](c1cccs1)c1c[nH]c2ccccc12)c1ccc2c(c1)OCCO2. The van der Waals surface area contributed by atoms with Gasteiger partial charge in [0.05, 0.1) is 4.90 Å². The summed E-state index contributed by atoms with van der Waals surface area (Å²) in [6.07, 6.45) is 1.97. The summed E-state index contributed by atoms with van der Waals surface area (Å²) in [7, 11) is -3.72. The van der Waals surface area contributed by atoms with Crippen molar-refractivity contribution in [1.29, 1.82) is 0 Å². The van der Waals surface area contributed by atoms with Gasteiger partial charge >= 0.3 is 0 Å². The van der Waals surface area contributed by atoms with E-state index in [0.29, 0.717) is 24.7 Å². The van der Waals surface area contributed by atoms with Crippen molar-refractivity contribution in [3.05, 3.63) is 76.6 Å². The third-order valence-electron chi connectivity index (χ3n) is 5.18. The minimum Gasteiger partial charge on any atom is -0.486 e. The quantitative estimate of drug-likeness (QED) is 0.473. The van der Waals surface area contributed by atoms with Crippen LogP contribution in [0.1, 0.15) is 16.4 Å². The monoisotopic (exact) mass is 440 g/mol.